The summed E-state index contributed by atoms with van der Waals surface area (Å²) in [5, 5.41) is 1.90. The fourth-order valence-corrected chi connectivity index (χ4v) is 1.42. The molecule has 1 N–H and O–H groups in total. The fourth-order valence-electron chi connectivity index (χ4n) is 1.06. The van der Waals surface area contributed by atoms with Crippen LogP contribution >= 0.6 is 15.9 Å². The van der Waals surface area contributed by atoms with Crippen molar-refractivity contribution in [3.63, 3.8) is 0 Å². The monoisotopic (exact) mass is 330 g/mol. The van der Waals surface area contributed by atoms with Gasteiger partial charge in [-0.2, -0.15) is 0 Å². The molecule has 8 heteroatoms. The molecule has 0 aliphatic heterocycles. The van der Waals surface area contributed by atoms with Crippen molar-refractivity contribution in [1.82, 2.24) is 10.3 Å². The Labute approximate surface area is 117 Å². The van der Waals surface area contributed by atoms with Crippen LogP contribution in [0.15, 0.2) is 22.9 Å². The molecule has 2 amide bonds. The summed E-state index contributed by atoms with van der Waals surface area (Å²) in [6, 6.07) is 1.50. The molecular formula is C11H11BrN2O5. The molecule has 0 fully saturated rings. The molecule has 0 saturated heterocycles. The standard InChI is InChI=1S/C11H11BrN2O5/c1-2-18-11(17)14-9(15)6-19-10(16)7-3-8(12)5-13-4-7/h3-5H,2,6H2,1H3,(H,14,15,17). The minimum absolute atomic E-state index is 0.141. The van der Waals surface area contributed by atoms with Crippen molar-refractivity contribution < 1.29 is 23.9 Å². The molecule has 102 valence electrons. The molecule has 0 saturated carbocycles. The lowest BCUT2D eigenvalue weighted by molar-refractivity contribution is -0.123. The molecule has 0 aliphatic rings. The molecule has 1 heterocycles. The van der Waals surface area contributed by atoms with Gasteiger partial charge in [-0.3, -0.25) is 15.1 Å². The number of hydrogen-bond donors (Lipinski definition) is 1. The number of ether oxygens (including phenoxy) is 2. The highest BCUT2D eigenvalue weighted by Crippen LogP contribution is 2.10. The van der Waals surface area contributed by atoms with Gasteiger partial charge in [0.15, 0.2) is 6.61 Å². The second-order valence-electron chi connectivity index (χ2n) is 3.24. The minimum Gasteiger partial charge on any atom is -0.452 e. The summed E-state index contributed by atoms with van der Waals surface area (Å²) < 4.78 is 9.81. The van der Waals surface area contributed by atoms with E-state index in [1.54, 1.807) is 6.92 Å². The van der Waals surface area contributed by atoms with E-state index in [0.29, 0.717) is 4.47 Å². The van der Waals surface area contributed by atoms with Gasteiger partial charge in [0, 0.05) is 16.9 Å². The van der Waals surface area contributed by atoms with E-state index in [-0.39, 0.29) is 12.2 Å². The van der Waals surface area contributed by atoms with Crippen LogP contribution in [0.2, 0.25) is 0 Å². The van der Waals surface area contributed by atoms with E-state index in [9.17, 15) is 14.4 Å². The van der Waals surface area contributed by atoms with Crippen molar-refractivity contribution in [2.45, 2.75) is 6.92 Å². The highest BCUT2D eigenvalue weighted by molar-refractivity contribution is 9.10. The molecule has 1 rings (SSSR count). The molecule has 7 nitrogen and oxygen atoms in total. The Morgan fingerprint density at radius 1 is 1.32 bits per heavy atom. The molecule has 1 aromatic rings. The maximum atomic E-state index is 11.5. The number of imide groups is 1. The van der Waals surface area contributed by atoms with Crippen LogP contribution in [0.1, 0.15) is 17.3 Å². The van der Waals surface area contributed by atoms with E-state index in [2.05, 4.69) is 25.7 Å². The maximum absolute atomic E-state index is 11.5. The summed E-state index contributed by atoms with van der Waals surface area (Å²) in [7, 11) is 0. The summed E-state index contributed by atoms with van der Waals surface area (Å²) in [6.07, 6.45) is 1.92. The van der Waals surface area contributed by atoms with E-state index in [1.165, 1.54) is 18.5 Å². The van der Waals surface area contributed by atoms with Crippen LogP contribution in [-0.2, 0) is 14.3 Å². The molecule has 0 unspecified atom stereocenters. The van der Waals surface area contributed by atoms with Gasteiger partial charge in [-0.15, -0.1) is 0 Å². The van der Waals surface area contributed by atoms with Crippen molar-refractivity contribution in [3.05, 3.63) is 28.5 Å². The third kappa shape index (κ3) is 5.47. The first kappa shape index (κ1) is 15.1. The van der Waals surface area contributed by atoms with Crippen LogP contribution in [0.4, 0.5) is 4.79 Å². The van der Waals surface area contributed by atoms with Crippen LogP contribution in [0, 0.1) is 0 Å². The van der Waals surface area contributed by atoms with Crippen molar-refractivity contribution in [3.8, 4) is 0 Å². The Morgan fingerprint density at radius 2 is 2.05 bits per heavy atom. The van der Waals surface area contributed by atoms with Gasteiger partial charge in [0.1, 0.15) is 0 Å². The summed E-state index contributed by atoms with van der Waals surface area (Å²) in [6.45, 7) is 1.16. The second-order valence-corrected chi connectivity index (χ2v) is 4.15. The largest absolute Gasteiger partial charge is 0.452 e. The third-order valence-corrected chi connectivity index (χ3v) is 2.23. The molecule has 0 aromatic carbocycles. The van der Waals surface area contributed by atoms with E-state index in [4.69, 9.17) is 4.74 Å². The third-order valence-electron chi connectivity index (χ3n) is 1.79. The highest BCUT2D eigenvalue weighted by Gasteiger charge is 2.13. The zero-order chi connectivity index (χ0) is 14.3. The number of aromatic nitrogens is 1. The summed E-state index contributed by atoms with van der Waals surface area (Å²) >= 11 is 3.15. The Bertz CT molecular complexity index is 492. The first-order valence-electron chi connectivity index (χ1n) is 5.27. The average molecular weight is 331 g/mol. The van der Waals surface area contributed by atoms with E-state index >= 15 is 0 Å². The van der Waals surface area contributed by atoms with Gasteiger partial charge in [-0.05, 0) is 28.9 Å². The molecular weight excluding hydrogens is 320 g/mol. The molecule has 0 aliphatic carbocycles. The average Bonchev–Trinajstić information content (AvgIpc) is 2.36. The predicted octanol–water partition coefficient (Wildman–Crippen LogP) is 1.27. The number of carbonyl (C=O) groups is 3. The summed E-state index contributed by atoms with van der Waals surface area (Å²) in [5.74, 6) is -1.48. The number of amides is 2. The van der Waals surface area contributed by atoms with Crippen LogP contribution in [-0.4, -0.2) is 36.2 Å². The van der Waals surface area contributed by atoms with E-state index < -0.39 is 24.6 Å². The summed E-state index contributed by atoms with van der Waals surface area (Å²) in [5.41, 5.74) is 0.193. The van der Waals surface area contributed by atoms with Crippen LogP contribution < -0.4 is 5.32 Å². The van der Waals surface area contributed by atoms with Crippen molar-refractivity contribution >= 4 is 33.9 Å². The van der Waals surface area contributed by atoms with E-state index in [1.807, 2.05) is 5.32 Å². The molecule has 0 radical (unpaired) electrons. The number of pyridine rings is 1. The van der Waals surface area contributed by atoms with Crippen LogP contribution in [0.25, 0.3) is 0 Å². The smallest absolute Gasteiger partial charge is 0.413 e. The van der Waals surface area contributed by atoms with Gasteiger partial charge in [-0.1, -0.05) is 0 Å². The maximum Gasteiger partial charge on any atom is 0.413 e. The van der Waals surface area contributed by atoms with Crippen molar-refractivity contribution in [2.24, 2.45) is 0 Å². The first-order valence-corrected chi connectivity index (χ1v) is 6.06. The zero-order valence-electron chi connectivity index (χ0n) is 10.0. The van der Waals surface area contributed by atoms with Gasteiger partial charge >= 0.3 is 12.1 Å². The molecule has 0 spiro atoms. The fraction of sp³-hybridized carbons (Fsp3) is 0.273. The zero-order valence-corrected chi connectivity index (χ0v) is 11.6. The Morgan fingerprint density at radius 3 is 2.68 bits per heavy atom. The Hall–Kier alpha value is -1.96. The number of rotatable bonds is 4. The van der Waals surface area contributed by atoms with Gasteiger partial charge in [0.2, 0.25) is 0 Å². The van der Waals surface area contributed by atoms with Gasteiger partial charge < -0.3 is 9.47 Å². The minimum atomic E-state index is -0.882. The van der Waals surface area contributed by atoms with Gasteiger partial charge in [0.05, 0.1) is 12.2 Å². The lowest BCUT2D eigenvalue weighted by atomic mass is 10.3. The normalized spacial score (nSPS) is 9.58. The number of alkyl carbamates (subject to hydrolysis) is 1. The number of carbonyl (C=O) groups excluding carboxylic acids is 3. The first-order chi connectivity index (χ1) is 9.02. The summed E-state index contributed by atoms with van der Waals surface area (Å²) in [4.78, 5) is 37.4. The second kappa shape index (κ2) is 7.47. The molecule has 0 bridgehead atoms. The van der Waals surface area contributed by atoms with Crippen LogP contribution in [0.5, 0.6) is 0 Å². The SMILES string of the molecule is CCOC(=O)NC(=O)COC(=O)c1cncc(Br)c1. The van der Waals surface area contributed by atoms with Crippen molar-refractivity contribution in [2.75, 3.05) is 13.2 Å². The number of nitrogens with one attached hydrogen (secondary N) is 1. The molecule has 19 heavy (non-hydrogen) atoms. The van der Waals surface area contributed by atoms with Gasteiger partial charge in [-0.25, -0.2) is 9.59 Å². The number of esters is 1. The van der Waals surface area contributed by atoms with Crippen LogP contribution in [0.3, 0.4) is 0 Å². The predicted molar refractivity (Wildman–Crippen MR) is 67.4 cm³/mol. The quantitative estimate of drug-likeness (QED) is 0.835. The highest BCUT2D eigenvalue weighted by atomic mass is 79.9. The number of halogens is 1. The molecule has 1 aromatic heterocycles. The Kier molecular flexibility index (Phi) is 5.94. The van der Waals surface area contributed by atoms with Crippen molar-refractivity contribution in [1.29, 1.82) is 0 Å². The molecule has 0 atom stereocenters. The number of hydrogen-bond acceptors (Lipinski definition) is 6. The lowest BCUT2D eigenvalue weighted by Gasteiger charge is -2.05. The number of nitrogens with zero attached hydrogens (tertiary/aromatic N) is 1. The lowest BCUT2D eigenvalue weighted by Crippen LogP contribution is -2.34. The Balaban J connectivity index is 2.42. The van der Waals surface area contributed by atoms with E-state index in [0.717, 1.165) is 0 Å². The van der Waals surface area contributed by atoms with Gasteiger partial charge in [0.25, 0.3) is 5.91 Å². The topological polar surface area (TPSA) is 94.6 Å².